The van der Waals surface area contributed by atoms with Gasteiger partial charge in [0.05, 0.1) is 5.75 Å². The number of nitrogens with zero attached hydrogens (tertiary/aromatic N) is 4. The van der Waals surface area contributed by atoms with Gasteiger partial charge in [-0.05, 0) is 23.6 Å². The quantitative estimate of drug-likeness (QED) is 0.575. The molecule has 28 heavy (non-hydrogen) atoms. The Morgan fingerprint density at radius 1 is 1.07 bits per heavy atom. The highest BCUT2D eigenvalue weighted by molar-refractivity contribution is 8.01. The van der Waals surface area contributed by atoms with Gasteiger partial charge in [-0.15, -0.1) is 21.5 Å². The zero-order valence-electron chi connectivity index (χ0n) is 15.3. The van der Waals surface area contributed by atoms with Gasteiger partial charge in [0.2, 0.25) is 11.0 Å². The first-order chi connectivity index (χ1) is 13.8. The van der Waals surface area contributed by atoms with Crippen LogP contribution in [0.15, 0.2) is 52.2 Å². The summed E-state index contributed by atoms with van der Waals surface area (Å²) in [4.78, 5) is 18.3. The number of thioether (sulfide) groups is 1. The Morgan fingerprint density at radius 2 is 1.89 bits per heavy atom. The molecule has 0 saturated carbocycles. The number of piperazine rings is 1. The van der Waals surface area contributed by atoms with E-state index in [0.29, 0.717) is 5.75 Å². The zero-order valence-corrected chi connectivity index (χ0v) is 17.7. The molecule has 2 aromatic heterocycles. The van der Waals surface area contributed by atoms with Crippen LogP contribution in [-0.4, -0.2) is 57.8 Å². The van der Waals surface area contributed by atoms with E-state index in [1.165, 1.54) is 28.0 Å². The molecule has 6 nitrogen and oxygen atoms in total. The summed E-state index contributed by atoms with van der Waals surface area (Å²) < 4.78 is 0.808. The number of thiophene rings is 1. The van der Waals surface area contributed by atoms with Gasteiger partial charge in [0, 0.05) is 43.3 Å². The third kappa shape index (κ3) is 5.32. The minimum Gasteiger partial charge on any atom is -0.339 e. The molecule has 1 aliphatic heterocycles. The number of para-hydroxylation sites is 1. The van der Waals surface area contributed by atoms with Gasteiger partial charge in [-0.3, -0.25) is 9.69 Å². The van der Waals surface area contributed by atoms with Crippen LogP contribution < -0.4 is 5.32 Å². The Kier molecular flexibility index (Phi) is 6.58. The van der Waals surface area contributed by atoms with Gasteiger partial charge in [0.1, 0.15) is 0 Å². The van der Waals surface area contributed by atoms with Crippen LogP contribution in [0.5, 0.6) is 0 Å². The van der Waals surface area contributed by atoms with Crippen LogP contribution in [0.4, 0.5) is 10.8 Å². The van der Waals surface area contributed by atoms with Crippen LogP contribution >= 0.6 is 34.4 Å². The Labute approximate surface area is 176 Å². The number of amides is 1. The van der Waals surface area contributed by atoms with Crippen molar-refractivity contribution in [1.29, 1.82) is 0 Å². The topological polar surface area (TPSA) is 61.4 Å². The number of nitrogens with one attached hydrogen (secondary N) is 1. The third-order valence-electron chi connectivity index (χ3n) is 4.44. The largest absolute Gasteiger partial charge is 0.339 e. The minimum atomic E-state index is 0.175. The molecule has 4 rings (SSSR count). The number of hydrogen-bond acceptors (Lipinski definition) is 8. The number of carbonyl (C=O) groups excluding carboxylic acids is 1. The summed E-state index contributed by atoms with van der Waals surface area (Å²) in [6.45, 7) is 4.43. The summed E-state index contributed by atoms with van der Waals surface area (Å²) in [5.74, 6) is 0.582. The van der Waals surface area contributed by atoms with Crippen molar-refractivity contribution < 1.29 is 4.79 Å². The average Bonchev–Trinajstić information content (AvgIpc) is 3.40. The van der Waals surface area contributed by atoms with Crippen LogP contribution in [0.2, 0.25) is 0 Å². The molecule has 0 aliphatic carbocycles. The van der Waals surface area contributed by atoms with E-state index in [1.54, 1.807) is 11.3 Å². The number of carbonyl (C=O) groups is 1. The van der Waals surface area contributed by atoms with Crippen molar-refractivity contribution in [3.63, 3.8) is 0 Å². The lowest BCUT2D eigenvalue weighted by Crippen LogP contribution is -2.48. The summed E-state index contributed by atoms with van der Waals surface area (Å²) in [7, 11) is 0. The Morgan fingerprint density at radius 3 is 2.64 bits per heavy atom. The standard InChI is InChI=1S/C19H21N5OS3/c25-17(24-10-8-23(9-11-24)13-16-7-4-12-26-16)14-27-19-22-21-18(28-19)20-15-5-2-1-3-6-15/h1-7,12H,8-11,13-14H2,(H,20,21). The molecule has 0 unspecified atom stereocenters. The van der Waals surface area contributed by atoms with E-state index in [9.17, 15) is 4.79 Å². The molecule has 0 radical (unpaired) electrons. The first kappa shape index (κ1) is 19.4. The molecule has 1 aromatic carbocycles. The van der Waals surface area contributed by atoms with E-state index in [4.69, 9.17) is 0 Å². The summed E-state index contributed by atoms with van der Waals surface area (Å²) >= 11 is 4.72. The molecular formula is C19H21N5OS3. The van der Waals surface area contributed by atoms with E-state index in [1.807, 2.05) is 35.2 Å². The van der Waals surface area contributed by atoms with Crippen LogP contribution in [0.1, 0.15) is 4.88 Å². The van der Waals surface area contributed by atoms with Gasteiger partial charge in [-0.25, -0.2) is 0 Å². The molecular weight excluding hydrogens is 410 g/mol. The van der Waals surface area contributed by atoms with Crippen molar-refractivity contribution in [3.8, 4) is 0 Å². The smallest absolute Gasteiger partial charge is 0.233 e. The molecule has 0 spiro atoms. The van der Waals surface area contributed by atoms with Crippen molar-refractivity contribution in [2.45, 2.75) is 10.9 Å². The molecule has 0 atom stereocenters. The number of benzene rings is 1. The fourth-order valence-electron chi connectivity index (χ4n) is 2.96. The van der Waals surface area contributed by atoms with Crippen LogP contribution in [0, 0.1) is 0 Å². The van der Waals surface area contributed by atoms with Gasteiger partial charge in [0.25, 0.3) is 0 Å². The second-order valence-electron chi connectivity index (χ2n) is 6.39. The number of hydrogen-bond donors (Lipinski definition) is 1. The molecule has 146 valence electrons. The Bertz CT molecular complexity index is 876. The van der Waals surface area contributed by atoms with Crippen molar-refractivity contribution in [2.24, 2.45) is 0 Å². The highest BCUT2D eigenvalue weighted by Crippen LogP contribution is 2.27. The Hall–Kier alpha value is -1.94. The maximum absolute atomic E-state index is 12.5. The van der Waals surface area contributed by atoms with Crippen LogP contribution in [-0.2, 0) is 11.3 Å². The van der Waals surface area contributed by atoms with Crippen molar-refractivity contribution in [3.05, 3.63) is 52.7 Å². The van der Waals surface area contributed by atoms with Gasteiger partial charge in [-0.1, -0.05) is 47.4 Å². The van der Waals surface area contributed by atoms with Crippen molar-refractivity contribution in [2.75, 3.05) is 37.2 Å². The normalized spacial score (nSPS) is 14.9. The number of rotatable bonds is 7. The van der Waals surface area contributed by atoms with Gasteiger partial charge < -0.3 is 10.2 Å². The molecule has 1 amide bonds. The van der Waals surface area contributed by atoms with E-state index in [0.717, 1.165) is 47.9 Å². The summed E-state index contributed by atoms with van der Waals surface area (Å²) in [5.41, 5.74) is 0.978. The lowest BCUT2D eigenvalue weighted by molar-refractivity contribution is -0.130. The molecule has 9 heteroatoms. The SMILES string of the molecule is O=C(CSc1nnc(Nc2ccccc2)s1)N1CCN(Cc2cccs2)CC1. The first-order valence-corrected chi connectivity index (χ1v) is 11.8. The predicted molar refractivity (Wildman–Crippen MR) is 117 cm³/mol. The fraction of sp³-hybridized carbons (Fsp3) is 0.316. The van der Waals surface area contributed by atoms with Crippen LogP contribution in [0.3, 0.4) is 0 Å². The molecule has 3 heterocycles. The highest BCUT2D eigenvalue weighted by atomic mass is 32.2. The lowest BCUT2D eigenvalue weighted by Gasteiger charge is -2.34. The van der Waals surface area contributed by atoms with E-state index in [-0.39, 0.29) is 5.91 Å². The van der Waals surface area contributed by atoms with Crippen LogP contribution in [0.25, 0.3) is 0 Å². The summed E-state index contributed by atoms with van der Waals surface area (Å²) in [5, 5.41) is 14.4. The molecule has 1 fully saturated rings. The monoisotopic (exact) mass is 431 g/mol. The van der Waals surface area contributed by atoms with Gasteiger partial charge in [-0.2, -0.15) is 0 Å². The van der Waals surface area contributed by atoms with Crippen molar-refractivity contribution in [1.82, 2.24) is 20.0 Å². The Balaban J connectivity index is 1.21. The summed E-state index contributed by atoms with van der Waals surface area (Å²) in [6.07, 6.45) is 0. The molecule has 0 bridgehead atoms. The molecule has 1 aliphatic rings. The fourth-order valence-corrected chi connectivity index (χ4v) is 5.38. The first-order valence-electron chi connectivity index (χ1n) is 9.07. The maximum Gasteiger partial charge on any atom is 0.233 e. The number of aromatic nitrogens is 2. The zero-order chi connectivity index (χ0) is 19.2. The minimum absolute atomic E-state index is 0.175. The van der Waals surface area contributed by atoms with Gasteiger partial charge in [0.15, 0.2) is 4.34 Å². The second-order valence-corrected chi connectivity index (χ2v) is 9.62. The predicted octanol–water partition coefficient (Wildman–Crippen LogP) is 3.78. The summed E-state index contributed by atoms with van der Waals surface area (Å²) in [6, 6.07) is 14.1. The molecule has 1 N–H and O–H groups in total. The van der Waals surface area contributed by atoms with E-state index < -0.39 is 0 Å². The molecule has 1 saturated heterocycles. The van der Waals surface area contributed by atoms with Crippen molar-refractivity contribution >= 4 is 51.2 Å². The average molecular weight is 432 g/mol. The molecule has 3 aromatic rings. The van der Waals surface area contributed by atoms with E-state index in [2.05, 4.69) is 37.9 Å². The van der Waals surface area contributed by atoms with E-state index >= 15 is 0 Å². The second kappa shape index (κ2) is 9.51. The maximum atomic E-state index is 12.5. The third-order valence-corrected chi connectivity index (χ3v) is 7.25. The lowest BCUT2D eigenvalue weighted by atomic mass is 10.3. The highest BCUT2D eigenvalue weighted by Gasteiger charge is 2.21. The van der Waals surface area contributed by atoms with Gasteiger partial charge >= 0.3 is 0 Å². The number of anilines is 2.